The van der Waals surface area contributed by atoms with Crippen molar-refractivity contribution in [1.29, 1.82) is 0 Å². The largest absolute Gasteiger partial charge is 0.491 e. The second-order valence-electron chi connectivity index (χ2n) is 5.53. The molecule has 3 rings (SSSR count). The molecular formula is C19H16F4O2. The summed E-state index contributed by atoms with van der Waals surface area (Å²) in [6.07, 6.45) is 3.43. The quantitative estimate of drug-likeness (QED) is 0.547. The van der Waals surface area contributed by atoms with Crippen LogP contribution in [0.2, 0.25) is 0 Å². The Balaban J connectivity index is 2.03. The third kappa shape index (κ3) is 3.26. The van der Waals surface area contributed by atoms with E-state index >= 15 is 0 Å². The van der Waals surface area contributed by atoms with Gasteiger partial charge >= 0.3 is 0 Å². The summed E-state index contributed by atoms with van der Waals surface area (Å²) in [7, 11) is 0. The first-order valence-corrected chi connectivity index (χ1v) is 7.90. The van der Waals surface area contributed by atoms with Gasteiger partial charge < -0.3 is 9.47 Å². The number of benzene rings is 2. The van der Waals surface area contributed by atoms with Gasteiger partial charge in [0, 0.05) is 16.7 Å². The van der Waals surface area contributed by atoms with Crippen molar-refractivity contribution in [3.05, 3.63) is 65.2 Å². The molecule has 2 nitrogen and oxygen atoms in total. The number of hydrogen-bond donors (Lipinski definition) is 0. The van der Waals surface area contributed by atoms with E-state index in [1.807, 2.05) is 6.08 Å². The predicted molar refractivity (Wildman–Crippen MR) is 85.3 cm³/mol. The van der Waals surface area contributed by atoms with Crippen LogP contribution >= 0.6 is 0 Å². The third-order valence-electron chi connectivity index (χ3n) is 4.01. The number of rotatable bonds is 4. The van der Waals surface area contributed by atoms with Crippen molar-refractivity contribution in [3.8, 4) is 16.9 Å². The molecule has 25 heavy (non-hydrogen) atoms. The molecule has 0 saturated heterocycles. The molecule has 132 valence electrons. The van der Waals surface area contributed by atoms with Gasteiger partial charge in [0.05, 0.1) is 19.3 Å². The van der Waals surface area contributed by atoms with Gasteiger partial charge in [-0.3, -0.25) is 0 Å². The Bertz CT molecular complexity index is 818. The highest BCUT2D eigenvalue weighted by Crippen LogP contribution is 2.35. The van der Waals surface area contributed by atoms with Gasteiger partial charge in [-0.25, -0.2) is 13.2 Å². The average Bonchev–Trinajstić information content (AvgIpc) is 2.63. The molecule has 1 aliphatic heterocycles. The summed E-state index contributed by atoms with van der Waals surface area (Å²) in [5.41, 5.74) is -0.669. The summed E-state index contributed by atoms with van der Waals surface area (Å²) in [5, 5.41) is 0. The Morgan fingerprint density at radius 1 is 0.920 bits per heavy atom. The lowest BCUT2D eigenvalue weighted by atomic mass is 9.97. The third-order valence-corrected chi connectivity index (χ3v) is 4.01. The Labute approximate surface area is 142 Å². The lowest BCUT2D eigenvalue weighted by Crippen LogP contribution is -2.11. The molecule has 0 amide bonds. The van der Waals surface area contributed by atoms with Crippen molar-refractivity contribution in [1.82, 2.24) is 0 Å². The van der Waals surface area contributed by atoms with Gasteiger partial charge in [-0.15, -0.1) is 0 Å². The van der Waals surface area contributed by atoms with Gasteiger partial charge in [-0.05, 0) is 25.5 Å². The standard InChI is InChI=1S/C19H16F4O2/c1-2-24-15-9-8-12(17(21)19(15)23)11-6-7-13(18(22)16(11)20)14-5-3-4-10-25-14/h3-4,6-9,14H,2,5,10H2,1H3. The maximum absolute atomic E-state index is 14.5. The molecule has 0 spiro atoms. The smallest absolute Gasteiger partial charge is 0.201 e. The van der Waals surface area contributed by atoms with Gasteiger partial charge in [0.25, 0.3) is 0 Å². The van der Waals surface area contributed by atoms with Crippen molar-refractivity contribution in [2.24, 2.45) is 0 Å². The van der Waals surface area contributed by atoms with Crippen LogP contribution in [-0.2, 0) is 4.74 Å². The molecule has 6 heteroatoms. The summed E-state index contributed by atoms with van der Waals surface area (Å²) < 4.78 is 67.5. The molecule has 1 aliphatic rings. The molecule has 0 saturated carbocycles. The van der Waals surface area contributed by atoms with E-state index < -0.39 is 29.4 Å². The van der Waals surface area contributed by atoms with Crippen LogP contribution in [0.5, 0.6) is 5.75 Å². The zero-order valence-electron chi connectivity index (χ0n) is 13.5. The normalized spacial score (nSPS) is 16.9. The van der Waals surface area contributed by atoms with E-state index in [1.165, 1.54) is 24.3 Å². The highest BCUT2D eigenvalue weighted by Gasteiger charge is 2.24. The molecule has 0 radical (unpaired) electrons. The van der Waals surface area contributed by atoms with Crippen LogP contribution in [-0.4, -0.2) is 13.2 Å². The average molecular weight is 352 g/mol. The molecule has 1 atom stereocenters. The lowest BCUT2D eigenvalue weighted by Gasteiger charge is -2.20. The maximum Gasteiger partial charge on any atom is 0.201 e. The fraction of sp³-hybridized carbons (Fsp3) is 0.263. The van der Waals surface area contributed by atoms with Gasteiger partial charge in [0.1, 0.15) is 0 Å². The van der Waals surface area contributed by atoms with E-state index in [4.69, 9.17) is 9.47 Å². The van der Waals surface area contributed by atoms with E-state index in [2.05, 4.69) is 0 Å². The van der Waals surface area contributed by atoms with E-state index in [9.17, 15) is 17.6 Å². The fourth-order valence-corrected chi connectivity index (χ4v) is 2.77. The molecule has 2 aromatic rings. The molecular weight excluding hydrogens is 336 g/mol. The van der Waals surface area contributed by atoms with Crippen LogP contribution in [0.4, 0.5) is 17.6 Å². The van der Waals surface area contributed by atoms with Gasteiger partial charge in [-0.1, -0.05) is 24.3 Å². The second kappa shape index (κ2) is 7.27. The van der Waals surface area contributed by atoms with Crippen LogP contribution in [0.1, 0.15) is 25.0 Å². The van der Waals surface area contributed by atoms with Crippen molar-refractivity contribution in [2.45, 2.75) is 19.4 Å². The molecule has 2 aromatic carbocycles. The summed E-state index contributed by atoms with van der Waals surface area (Å²) in [6.45, 7) is 2.09. The van der Waals surface area contributed by atoms with Crippen LogP contribution in [0.3, 0.4) is 0 Å². The van der Waals surface area contributed by atoms with Crippen molar-refractivity contribution in [3.63, 3.8) is 0 Å². The van der Waals surface area contributed by atoms with E-state index in [0.717, 1.165) is 0 Å². The lowest BCUT2D eigenvalue weighted by molar-refractivity contribution is 0.0646. The zero-order valence-corrected chi connectivity index (χ0v) is 13.5. The molecule has 0 aromatic heterocycles. The molecule has 0 fully saturated rings. The van der Waals surface area contributed by atoms with Crippen LogP contribution in [0.15, 0.2) is 36.4 Å². The van der Waals surface area contributed by atoms with Crippen LogP contribution in [0, 0.1) is 23.3 Å². The van der Waals surface area contributed by atoms with E-state index in [1.54, 1.807) is 13.0 Å². The topological polar surface area (TPSA) is 18.5 Å². The first-order chi connectivity index (χ1) is 12.0. The summed E-state index contributed by atoms with van der Waals surface area (Å²) in [6, 6.07) is 4.93. The van der Waals surface area contributed by atoms with Crippen molar-refractivity contribution in [2.75, 3.05) is 13.2 Å². The Morgan fingerprint density at radius 3 is 2.24 bits per heavy atom. The molecule has 0 bridgehead atoms. The minimum absolute atomic E-state index is 0.0532. The second-order valence-corrected chi connectivity index (χ2v) is 5.53. The fourth-order valence-electron chi connectivity index (χ4n) is 2.77. The maximum atomic E-state index is 14.5. The van der Waals surface area contributed by atoms with Gasteiger partial charge in [-0.2, -0.15) is 4.39 Å². The number of ether oxygens (including phenoxy) is 2. The Hall–Kier alpha value is -2.34. The first-order valence-electron chi connectivity index (χ1n) is 7.90. The highest BCUT2D eigenvalue weighted by molar-refractivity contribution is 5.66. The van der Waals surface area contributed by atoms with Crippen molar-refractivity contribution >= 4 is 0 Å². The van der Waals surface area contributed by atoms with Crippen molar-refractivity contribution < 1.29 is 27.0 Å². The molecule has 0 aliphatic carbocycles. The molecule has 1 heterocycles. The van der Waals surface area contributed by atoms with Gasteiger partial charge in [0.15, 0.2) is 23.2 Å². The predicted octanol–water partition coefficient (Wildman–Crippen LogP) is 5.33. The zero-order chi connectivity index (χ0) is 18.0. The molecule has 0 N–H and O–H groups in total. The first kappa shape index (κ1) is 17.5. The summed E-state index contributed by atoms with van der Waals surface area (Å²) in [4.78, 5) is 0. The molecule has 1 unspecified atom stereocenters. The van der Waals surface area contributed by atoms with Crippen LogP contribution in [0.25, 0.3) is 11.1 Å². The number of halogens is 4. The minimum Gasteiger partial charge on any atom is -0.491 e. The monoisotopic (exact) mass is 352 g/mol. The van der Waals surface area contributed by atoms with E-state index in [0.29, 0.717) is 13.0 Å². The highest BCUT2D eigenvalue weighted by atomic mass is 19.2. The van der Waals surface area contributed by atoms with Crippen LogP contribution < -0.4 is 4.74 Å². The summed E-state index contributed by atoms with van der Waals surface area (Å²) >= 11 is 0. The Kier molecular flexibility index (Phi) is 5.08. The van der Waals surface area contributed by atoms with E-state index in [-0.39, 0.29) is 29.0 Å². The SMILES string of the molecule is CCOc1ccc(-c2ccc(C3CC=CCO3)c(F)c2F)c(F)c1F. The minimum atomic E-state index is -1.28. The van der Waals surface area contributed by atoms with Gasteiger partial charge in [0.2, 0.25) is 5.82 Å². The summed E-state index contributed by atoms with van der Waals surface area (Å²) in [5.74, 6) is -5.15. The Morgan fingerprint density at radius 2 is 1.60 bits per heavy atom. The number of hydrogen-bond acceptors (Lipinski definition) is 2.